The Morgan fingerprint density at radius 1 is 0.304 bits per heavy atom. The second kappa shape index (κ2) is 16.7. The summed E-state index contributed by atoms with van der Waals surface area (Å²) >= 11 is 0. The highest BCUT2D eigenvalue weighted by Crippen LogP contribution is 2.61. The molecule has 13 rings (SSSR count). The number of nitrogens with zero attached hydrogens (tertiary/aromatic N) is 1. The van der Waals surface area contributed by atoms with E-state index in [1.54, 1.807) is 0 Å². The lowest BCUT2D eigenvalue weighted by Crippen LogP contribution is -2.28. The molecule has 0 N–H and O–H groups in total. The molecule has 2 heteroatoms. The van der Waals surface area contributed by atoms with E-state index < -0.39 is 5.41 Å². The topological polar surface area (TPSA) is 16.4 Å². The molecular weight excluding hydrogens is 835 g/mol. The molecule has 0 fully saturated rings. The van der Waals surface area contributed by atoms with Crippen molar-refractivity contribution in [1.29, 1.82) is 0 Å². The van der Waals surface area contributed by atoms with Crippen LogP contribution >= 0.6 is 0 Å². The van der Waals surface area contributed by atoms with E-state index in [2.05, 4.69) is 278 Å². The van der Waals surface area contributed by atoms with E-state index in [4.69, 9.17) is 4.42 Å². The van der Waals surface area contributed by atoms with Crippen LogP contribution in [0.2, 0.25) is 0 Å². The quantitative estimate of drug-likeness (QED) is 0.144. The van der Waals surface area contributed by atoms with Crippen molar-refractivity contribution in [3.05, 3.63) is 295 Å². The second-order valence-electron chi connectivity index (χ2n) is 18.0. The summed E-state index contributed by atoms with van der Waals surface area (Å²) in [5, 5.41) is 2.21. The molecular formula is C67H45NO. The predicted octanol–water partition coefficient (Wildman–Crippen LogP) is 18.1. The molecule has 0 spiro atoms. The minimum absolute atomic E-state index is 0.704. The molecule has 1 unspecified atom stereocenters. The van der Waals surface area contributed by atoms with Crippen LogP contribution in [0.4, 0.5) is 17.1 Å². The van der Waals surface area contributed by atoms with Gasteiger partial charge < -0.3 is 9.32 Å². The van der Waals surface area contributed by atoms with Gasteiger partial charge >= 0.3 is 0 Å². The summed E-state index contributed by atoms with van der Waals surface area (Å²) < 4.78 is 6.87. The molecule has 1 atom stereocenters. The summed E-state index contributed by atoms with van der Waals surface area (Å²) in [5.41, 5.74) is 20.7. The lowest BCUT2D eigenvalue weighted by atomic mass is 9.67. The van der Waals surface area contributed by atoms with Crippen molar-refractivity contribution in [1.82, 2.24) is 0 Å². The minimum Gasteiger partial charge on any atom is -0.455 e. The van der Waals surface area contributed by atoms with Gasteiger partial charge in [0.25, 0.3) is 0 Å². The number of benzene rings is 11. The summed E-state index contributed by atoms with van der Waals surface area (Å²) in [6, 6.07) is 99.5. The van der Waals surface area contributed by atoms with Crippen LogP contribution in [-0.4, -0.2) is 0 Å². The van der Waals surface area contributed by atoms with Crippen molar-refractivity contribution in [2.75, 3.05) is 4.90 Å². The van der Waals surface area contributed by atoms with Crippen molar-refractivity contribution < 1.29 is 4.42 Å². The first-order chi connectivity index (χ1) is 34.2. The first-order valence-corrected chi connectivity index (χ1v) is 23.7. The lowest BCUT2D eigenvalue weighted by molar-refractivity contribution is 0.670. The molecule has 0 saturated heterocycles. The maximum Gasteiger partial charge on any atom is 0.143 e. The molecule has 0 amide bonds. The Morgan fingerprint density at radius 2 is 0.783 bits per heavy atom. The number of anilines is 3. The van der Waals surface area contributed by atoms with Gasteiger partial charge in [-0.15, -0.1) is 0 Å². The highest BCUT2D eigenvalue weighted by atomic mass is 16.3. The maximum atomic E-state index is 6.87. The zero-order chi connectivity index (χ0) is 45.7. The second-order valence-corrected chi connectivity index (χ2v) is 18.0. The number of para-hydroxylation sites is 2. The third-order valence-corrected chi connectivity index (χ3v) is 14.2. The lowest BCUT2D eigenvalue weighted by Gasteiger charge is -2.35. The smallest absolute Gasteiger partial charge is 0.143 e. The van der Waals surface area contributed by atoms with Crippen molar-refractivity contribution in [2.45, 2.75) is 5.41 Å². The average Bonchev–Trinajstić information content (AvgIpc) is 3.97. The fourth-order valence-electron chi connectivity index (χ4n) is 11.0. The summed E-state index contributed by atoms with van der Waals surface area (Å²) in [4.78, 5) is 2.48. The van der Waals surface area contributed by atoms with Crippen molar-refractivity contribution in [3.8, 4) is 55.6 Å². The Hall–Kier alpha value is -8.98. The summed E-state index contributed by atoms with van der Waals surface area (Å²) in [6.45, 7) is 0. The zero-order valence-corrected chi connectivity index (χ0v) is 37.8. The van der Waals surface area contributed by atoms with Gasteiger partial charge in [-0.25, -0.2) is 0 Å². The molecule has 1 aromatic heterocycles. The third-order valence-electron chi connectivity index (χ3n) is 14.2. The van der Waals surface area contributed by atoms with Crippen LogP contribution in [0.5, 0.6) is 0 Å². The molecule has 12 aromatic rings. The van der Waals surface area contributed by atoms with Gasteiger partial charge in [0.2, 0.25) is 0 Å². The van der Waals surface area contributed by atoms with Crippen molar-refractivity contribution >= 4 is 39.0 Å². The Balaban J connectivity index is 1.15. The molecule has 0 bridgehead atoms. The standard InChI is InChI=1S/C67H45NO/c1-5-19-46(20-6-1)49-35-39-55(40-36-49)68(56-41-37-50(38-42-56)47-21-7-2-8-22-47)63-45-52(57-31-18-32-59-58-29-14-16-34-64(58)69-66(57)59)44-62-65(63)60-30-13-15-33-61(60)67(62,53-26-11-4-12-27-53)54-28-17-25-51(43-54)48-23-9-3-10-24-48/h1-45H. The molecule has 11 aromatic carbocycles. The van der Waals surface area contributed by atoms with Crippen LogP contribution < -0.4 is 4.90 Å². The van der Waals surface area contributed by atoms with Crippen molar-refractivity contribution in [2.24, 2.45) is 0 Å². The normalized spacial score (nSPS) is 13.9. The van der Waals surface area contributed by atoms with E-state index in [9.17, 15) is 0 Å². The molecule has 1 aliphatic rings. The number of fused-ring (bicyclic) bond motifs is 6. The Kier molecular flexibility index (Phi) is 9.77. The molecule has 2 nitrogen and oxygen atoms in total. The van der Waals surface area contributed by atoms with Gasteiger partial charge in [0, 0.05) is 33.3 Å². The zero-order valence-electron chi connectivity index (χ0n) is 37.8. The SMILES string of the molecule is c1ccc(-c2ccc(N(c3ccc(-c4ccccc4)cc3)c3cc(-c4cccc5c4oc4ccccc45)cc4c3-c3ccccc3C4(c3ccccc3)c3cccc(-c4ccccc4)c3)cc2)cc1. The first-order valence-electron chi connectivity index (χ1n) is 23.7. The summed E-state index contributed by atoms with van der Waals surface area (Å²) in [5.74, 6) is 0. The largest absolute Gasteiger partial charge is 0.455 e. The number of hydrogen-bond donors (Lipinski definition) is 0. The summed E-state index contributed by atoms with van der Waals surface area (Å²) in [6.07, 6.45) is 0. The van der Waals surface area contributed by atoms with Crippen LogP contribution in [-0.2, 0) is 5.41 Å². The molecule has 0 aliphatic heterocycles. The van der Waals surface area contributed by atoms with E-state index in [0.29, 0.717) is 0 Å². The van der Waals surface area contributed by atoms with Crippen LogP contribution in [0.25, 0.3) is 77.6 Å². The molecule has 324 valence electrons. The third kappa shape index (κ3) is 6.72. The maximum absolute atomic E-state index is 6.87. The molecule has 1 aliphatic carbocycles. The number of hydrogen-bond acceptors (Lipinski definition) is 2. The molecule has 0 saturated carbocycles. The monoisotopic (exact) mass is 879 g/mol. The predicted molar refractivity (Wildman–Crippen MR) is 287 cm³/mol. The summed E-state index contributed by atoms with van der Waals surface area (Å²) in [7, 11) is 0. The van der Waals surface area contributed by atoms with Gasteiger partial charge in [-0.2, -0.15) is 0 Å². The van der Waals surface area contributed by atoms with Gasteiger partial charge in [0.15, 0.2) is 0 Å². The Labute approximate surface area is 402 Å². The van der Waals surface area contributed by atoms with E-state index >= 15 is 0 Å². The van der Waals surface area contributed by atoms with Gasteiger partial charge in [-0.1, -0.05) is 224 Å². The van der Waals surface area contributed by atoms with Crippen LogP contribution in [0.15, 0.2) is 277 Å². The highest BCUT2D eigenvalue weighted by molar-refractivity contribution is 6.10. The minimum atomic E-state index is -0.704. The van der Waals surface area contributed by atoms with E-state index in [0.717, 1.165) is 50.1 Å². The Bertz CT molecular complexity index is 3720. The van der Waals surface area contributed by atoms with E-state index in [-0.39, 0.29) is 0 Å². The van der Waals surface area contributed by atoms with E-state index in [1.165, 1.54) is 66.8 Å². The first kappa shape index (κ1) is 40.3. The average molecular weight is 880 g/mol. The fraction of sp³-hybridized carbons (Fsp3) is 0.0149. The van der Waals surface area contributed by atoms with Gasteiger partial charge in [-0.3, -0.25) is 0 Å². The van der Waals surface area contributed by atoms with E-state index in [1.807, 2.05) is 0 Å². The van der Waals surface area contributed by atoms with Gasteiger partial charge in [0.05, 0.1) is 11.1 Å². The van der Waals surface area contributed by atoms with Crippen LogP contribution in [0, 0.1) is 0 Å². The van der Waals surface area contributed by atoms with Crippen LogP contribution in [0.1, 0.15) is 22.3 Å². The van der Waals surface area contributed by atoms with Crippen molar-refractivity contribution in [3.63, 3.8) is 0 Å². The van der Waals surface area contributed by atoms with Gasteiger partial charge in [-0.05, 0) is 115 Å². The Morgan fingerprint density at radius 3 is 1.43 bits per heavy atom. The molecule has 1 heterocycles. The molecule has 69 heavy (non-hydrogen) atoms. The number of furan rings is 1. The fourth-order valence-corrected chi connectivity index (χ4v) is 11.0. The highest BCUT2D eigenvalue weighted by Gasteiger charge is 2.48. The van der Waals surface area contributed by atoms with Gasteiger partial charge in [0.1, 0.15) is 11.2 Å². The van der Waals surface area contributed by atoms with Crippen LogP contribution in [0.3, 0.4) is 0 Å². The number of rotatable bonds is 9. The molecule has 0 radical (unpaired) electrons.